The van der Waals surface area contributed by atoms with Crippen molar-refractivity contribution < 1.29 is 4.74 Å². The fraction of sp³-hybridized carbons (Fsp3) is 0.739. The highest BCUT2D eigenvalue weighted by Gasteiger charge is 2.12. The molecule has 0 unspecified atom stereocenters. The molecule has 0 bridgehead atoms. The van der Waals surface area contributed by atoms with Gasteiger partial charge in [-0.25, -0.2) is 0 Å². The summed E-state index contributed by atoms with van der Waals surface area (Å²) in [5.74, 6) is 0. The Kier molecular flexibility index (Phi) is 11.1. The number of ether oxygens (including phenoxy) is 1. The van der Waals surface area contributed by atoms with Gasteiger partial charge in [0.25, 0.3) is 0 Å². The first-order chi connectivity index (χ1) is 11.5. The van der Waals surface area contributed by atoms with Crippen molar-refractivity contribution in [3.8, 4) is 0 Å². The van der Waals surface area contributed by atoms with Gasteiger partial charge in [0.2, 0.25) is 0 Å². The van der Waals surface area contributed by atoms with E-state index in [1.165, 1.54) is 75.3 Å². The maximum Gasteiger partial charge on any atom is 0.0465 e. The Morgan fingerprint density at radius 3 is 1.71 bits per heavy atom. The van der Waals surface area contributed by atoms with Gasteiger partial charge in [-0.2, -0.15) is 0 Å². The van der Waals surface area contributed by atoms with Crippen molar-refractivity contribution in [3.63, 3.8) is 0 Å². The first-order valence-corrected chi connectivity index (χ1v) is 10.2. The number of hydrogen-bond donors (Lipinski definition) is 0. The van der Waals surface area contributed by atoms with E-state index in [1.807, 2.05) is 0 Å². The molecule has 0 amide bonds. The molecule has 0 aliphatic rings. The summed E-state index contributed by atoms with van der Waals surface area (Å²) in [5.41, 5.74) is 3.20. The van der Waals surface area contributed by atoms with Crippen molar-refractivity contribution in [2.75, 3.05) is 13.2 Å². The smallest absolute Gasteiger partial charge is 0.0465 e. The molecule has 0 aliphatic carbocycles. The summed E-state index contributed by atoms with van der Waals surface area (Å²) in [4.78, 5) is 0. The fourth-order valence-electron chi connectivity index (χ4n) is 3.09. The van der Waals surface area contributed by atoms with Gasteiger partial charge < -0.3 is 4.74 Å². The van der Waals surface area contributed by atoms with Crippen LogP contribution >= 0.6 is 0 Å². The molecule has 0 saturated heterocycles. The minimum Gasteiger partial charge on any atom is -0.382 e. The zero-order valence-electron chi connectivity index (χ0n) is 16.7. The molecule has 0 saturated carbocycles. The first kappa shape index (κ1) is 21.2. The lowest BCUT2D eigenvalue weighted by molar-refractivity contribution is 0.143. The second-order valence-electron chi connectivity index (χ2n) is 8.08. The number of unbranched alkanes of at least 4 members (excludes halogenated alkanes) is 8. The van der Waals surface area contributed by atoms with Crippen molar-refractivity contribution in [3.05, 3.63) is 35.4 Å². The third-order valence-electron chi connectivity index (χ3n) is 4.78. The molecule has 1 aromatic carbocycles. The lowest BCUT2D eigenvalue weighted by Gasteiger charge is -2.19. The summed E-state index contributed by atoms with van der Waals surface area (Å²) in [6.45, 7) is 10.7. The Labute approximate surface area is 151 Å². The van der Waals surface area contributed by atoms with Gasteiger partial charge in [-0.1, -0.05) is 90.0 Å². The Hall–Kier alpha value is -0.820. The van der Waals surface area contributed by atoms with Gasteiger partial charge >= 0.3 is 0 Å². The fourth-order valence-corrected chi connectivity index (χ4v) is 3.09. The normalized spacial score (nSPS) is 11.8. The monoisotopic (exact) mass is 332 g/mol. The van der Waals surface area contributed by atoms with Gasteiger partial charge in [-0.05, 0) is 42.7 Å². The minimum absolute atomic E-state index is 0.265. The molecule has 0 spiro atoms. The predicted octanol–water partition coefficient (Wildman–Crippen LogP) is 7.07. The molecule has 0 radical (unpaired) electrons. The van der Waals surface area contributed by atoms with Crippen molar-refractivity contribution in [2.24, 2.45) is 0 Å². The van der Waals surface area contributed by atoms with E-state index in [4.69, 9.17) is 4.74 Å². The quantitative estimate of drug-likeness (QED) is 0.351. The molecule has 0 fully saturated rings. The van der Waals surface area contributed by atoms with Crippen LogP contribution in [0.1, 0.15) is 96.6 Å². The molecule has 24 heavy (non-hydrogen) atoms. The number of aryl methyl sites for hydroxylation is 1. The van der Waals surface area contributed by atoms with Crippen LogP contribution in [-0.2, 0) is 16.6 Å². The van der Waals surface area contributed by atoms with E-state index in [1.54, 1.807) is 0 Å². The molecule has 0 atom stereocenters. The van der Waals surface area contributed by atoms with Crippen molar-refractivity contribution in [1.29, 1.82) is 0 Å². The van der Waals surface area contributed by atoms with E-state index in [9.17, 15) is 0 Å². The maximum atomic E-state index is 5.36. The molecular weight excluding hydrogens is 292 g/mol. The van der Waals surface area contributed by atoms with Crippen LogP contribution in [0.15, 0.2) is 24.3 Å². The molecule has 1 heteroatoms. The summed E-state index contributed by atoms with van der Waals surface area (Å²) >= 11 is 0. The number of benzene rings is 1. The molecule has 0 N–H and O–H groups in total. The maximum absolute atomic E-state index is 5.36. The van der Waals surface area contributed by atoms with Gasteiger partial charge in [-0.3, -0.25) is 0 Å². The zero-order chi connectivity index (χ0) is 17.7. The van der Waals surface area contributed by atoms with Crippen LogP contribution in [-0.4, -0.2) is 13.2 Å². The van der Waals surface area contributed by atoms with Crippen LogP contribution in [0.4, 0.5) is 0 Å². The molecule has 1 nitrogen and oxygen atoms in total. The van der Waals surface area contributed by atoms with Gasteiger partial charge in [0.05, 0.1) is 0 Å². The van der Waals surface area contributed by atoms with Crippen LogP contribution in [0.25, 0.3) is 0 Å². The molecule has 138 valence electrons. The van der Waals surface area contributed by atoms with Crippen LogP contribution < -0.4 is 0 Å². The SMILES string of the molecule is CCOCCCCCCCCCCCc1ccc(C(C)(C)C)cc1. The van der Waals surface area contributed by atoms with E-state index >= 15 is 0 Å². The molecule has 1 aromatic rings. The van der Waals surface area contributed by atoms with E-state index in [0.29, 0.717) is 0 Å². The van der Waals surface area contributed by atoms with Crippen molar-refractivity contribution in [1.82, 2.24) is 0 Å². The van der Waals surface area contributed by atoms with E-state index in [-0.39, 0.29) is 5.41 Å². The Bertz CT molecular complexity index is 399. The Balaban J connectivity index is 1.95. The second kappa shape index (κ2) is 12.5. The largest absolute Gasteiger partial charge is 0.382 e. The topological polar surface area (TPSA) is 9.23 Å². The van der Waals surface area contributed by atoms with E-state index < -0.39 is 0 Å². The standard InChI is InChI=1S/C23H40O/c1-5-24-20-14-12-10-8-6-7-9-11-13-15-21-16-18-22(19-17-21)23(2,3)4/h16-19H,5-15,20H2,1-4H3. The predicted molar refractivity (Wildman–Crippen MR) is 107 cm³/mol. The minimum atomic E-state index is 0.265. The summed E-state index contributed by atoms with van der Waals surface area (Å²) in [6, 6.07) is 9.26. The molecule has 1 rings (SSSR count). The molecule has 0 aromatic heterocycles. The molecular formula is C23H40O. The number of hydrogen-bond acceptors (Lipinski definition) is 1. The van der Waals surface area contributed by atoms with Gasteiger partial charge in [0.15, 0.2) is 0 Å². The van der Waals surface area contributed by atoms with Gasteiger partial charge in [-0.15, -0.1) is 0 Å². The highest BCUT2D eigenvalue weighted by atomic mass is 16.5. The van der Waals surface area contributed by atoms with Crippen LogP contribution in [0, 0.1) is 0 Å². The summed E-state index contributed by atoms with van der Waals surface area (Å²) in [5, 5.41) is 0. The lowest BCUT2D eigenvalue weighted by atomic mass is 9.86. The average Bonchev–Trinajstić information content (AvgIpc) is 2.55. The van der Waals surface area contributed by atoms with E-state index in [2.05, 4.69) is 52.0 Å². The summed E-state index contributed by atoms with van der Waals surface area (Å²) < 4.78 is 5.36. The van der Waals surface area contributed by atoms with Crippen molar-refractivity contribution in [2.45, 2.75) is 97.3 Å². The van der Waals surface area contributed by atoms with E-state index in [0.717, 1.165) is 13.2 Å². The van der Waals surface area contributed by atoms with Crippen LogP contribution in [0.5, 0.6) is 0 Å². The average molecular weight is 333 g/mol. The summed E-state index contributed by atoms with van der Waals surface area (Å²) in [6.07, 6.45) is 13.5. The Morgan fingerprint density at radius 2 is 1.21 bits per heavy atom. The molecule has 0 aliphatic heterocycles. The Morgan fingerprint density at radius 1 is 0.708 bits per heavy atom. The highest BCUT2D eigenvalue weighted by molar-refractivity contribution is 5.27. The zero-order valence-corrected chi connectivity index (χ0v) is 16.7. The summed E-state index contributed by atoms with van der Waals surface area (Å²) in [7, 11) is 0. The first-order valence-electron chi connectivity index (χ1n) is 10.2. The van der Waals surface area contributed by atoms with Gasteiger partial charge in [0.1, 0.15) is 0 Å². The van der Waals surface area contributed by atoms with Crippen LogP contribution in [0.3, 0.4) is 0 Å². The second-order valence-corrected chi connectivity index (χ2v) is 8.08. The third-order valence-corrected chi connectivity index (χ3v) is 4.78. The highest BCUT2D eigenvalue weighted by Crippen LogP contribution is 2.22. The van der Waals surface area contributed by atoms with Crippen molar-refractivity contribution >= 4 is 0 Å². The number of rotatable bonds is 13. The lowest BCUT2D eigenvalue weighted by Crippen LogP contribution is -2.10. The third kappa shape index (κ3) is 10.1. The van der Waals surface area contributed by atoms with Gasteiger partial charge in [0, 0.05) is 13.2 Å². The molecule has 0 heterocycles. The van der Waals surface area contributed by atoms with Crippen LogP contribution in [0.2, 0.25) is 0 Å².